The Labute approximate surface area is 201 Å². The fraction of sp³-hybridized carbons (Fsp3) is 0.304. The average Bonchev–Trinajstić information content (AvgIpc) is 3.39. The van der Waals surface area contributed by atoms with Crippen LogP contribution in [0, 0.1) is 6.92 Å². The fourth-order valence-electron chi connectivity index (χ4n) is 3.76. The minimum atomic E-state index is -0.290. The van der Waals surface area contributed by atoms with Gasteiger partial charge >= 0.3 is 0 Å². The summed E-state index contributed by atoms with van der Waals surface area (Å²) in [5, 5.41) is 12.3. The van der Waals surface area contributed by atoms with E-state index in [1.54, 1.807) is 56.5 Å². The molecule has 4 rings (SSSR count). The van der Waals surface area contributed by atoms with Gasteiger partial charge in [-0.05, 0) is 32.0 Å². The third-order valence-corrected chi connectivity index (χ3v) is 5.92. The topological polar surface area (TPSA) is 111 Å². The highest BCUT2D eigenvalue weighted by Gasteiger charge is 2.23. The molecule has 0 unspecified atom stereocenters. The van der Waals surface area contributed by atoms with Gasteiger partial charge in [0.05, 0.1) is 11.7 Å². The maximum atomic E-state index is 13.5. The van der Waals surface area contributed by atoms with Crippen molar-refractivity contribution in [2.75, 3.05) is 14.1 Å². The Morgan fingerprint density at radius 3 is 2.65 bits per heavy atom. The first-order valence-electron chi connectivity index (χ1n) is 10.7. The summed E-state index contributed by atoms with van der Waals surface area (Å²) in [6.45, 7) is 5.12. The molecule has 1 N–H and O–H groups in total. The second kappa shape index (κ2) is 9.22. The zero-order chi connectivity index (χ0) is 24.6. The van der Waals surface area contributed by atoms with Gasteiger partial charge in [-0.1, -0.05) is 11.6 Å². The van der Waals surface area contributed by atoms with E-state index < -0.39 is 0 Å². The molecule has 0 fully saturated rings. The van der Waals surface area contributed by atoms with Gasteiger partial charge in [0.15, 0.2) is 5.82 Å². The van der Waals surface area contributed by atoms with E-state index in [1.807, 2.05) is 18.5 Å². The SMILES string of the molecule is CCn1ncc(CN(C)C(=O)c2nc(-c3cc(C(=O)NC)n(C)n3)nc3ccc(Cl)cc23)c1C. The quantitative estimate of drug-likeness (QED) is 0.454. The van der Waals surface area contributed by atoms with Crippen LogP contribution < -0.4 is 5.32 Å². The standard InChI is InChI=1S/C23H25ClN8O2/c1-6-32-13(2)14(11-26-32)12-30(4)23(34)20-16-9-15(24)7-8-17(16)27-21(28-20)18-10-19(22(33)25-3)31(5)29-18/h7-11H,6,12H2,1-5H3,(H,25,33). The van der Waals surface area contributed by atoms with Crippen LogP contribution in [0.5, 0.6) is 0 Å². The number of hydrogen-bond acceptors (Lipinski definition) is 6. The molecule has 0 radical (unpaired) electrons. The number of aryl methyl sites for hydroxylation is 2. The molecule has 0 aliphatic heterocycles. The van der Waals surface area contributed by atoms with E-state index in [1.165, 1.54) is 4.68 Å². The van der Waals surface area contributed by atoms with Crippen molar-refractivity contribution in [1.82, 2.24) is 39.7 Å². The minimum Gasteiger partial charge on any atom is -0.354 e. The number of halogens is 1. The summed E-state index contributed by atoms with van der Waals surface area (Å²) in [6, 6.07) is 6.71. The number of carbonyl (C=O) groups excluding carboxylic acids is 2. The molecule has 1 aromatic carbocycles. The molecule has 0 saturated carbocycles. The predicted octanol–water partition coefficient (Wildman–Crippen LogP) is 2.84. The highest BCUT2D eigenvalue weighted by molar-refractivity contribution is 6.31. The van der Waals surface area contributed by atoms with Crippen LogP contribution in [0.15, 0.2) is 30.5 Å². The van der Waals surface area contributed by atoms with Crippen LogP contribution in [0.2, 0.25) is 5.02 Å². The lowest BCUT2D eigenvalue weighted by Crippen LogP contribution is -2.27. The smallest absolute Gasteiger partial charge is 0.273 e. The van der Waals surface area contributed by atoms with Crippen molar-refractivity contribution in [1.29, 1.82) is 0 Å². The number of rotatable bonds is 6. The third-order valence-electron chi connectivity index (χ3n) is 5.69. The summed E-state index contributed by atoms with van der Waals surface area (Å²) in [5.41, 5.74) is 3.45. The molecule has 4 aromatic rings. The van der Waals surface area contributed by atoms with Gasteiger partial charge in [0.25, 0.3) is 11.8 Å². The molecule has 10 nitrogen and oxygen atoms in total. The molecule has 0 saturated heterocycles. The molecule has 0 atom stereocenters. The normalized spacial score (nSPS) is 11.1. The lowest BCUT2D eigenvalue weighted by Gasteiger charge is -2.18. The van der Waals surface area contributed by atoms with E-state index >= 15 is 0 Å². The molecule has 2 amide bonds. The number of hydrogen-bond donors (Lipinski definition) is 1. The number of nitrogens with one attached hydrogen (secondary N) is 1. The van der Waals surface area contributed by atoms with Crippen molar-refractivity contribution in [3.8, 4) is 11.5 Å². The molecule has 0 aliphatic carbocycles. The Morgan fingerprint density at radius 2 is 1.97 bits per heavy atom. The highest BCUT2D eigenvalue weighted by Crippen LogP contribution is 2.26. The first-order valence-corrected chi connectivity index (χ1v) is 11.1. The van der Waals surface area contributed by atoms with Gasteiger partial charge in [-0.15, -0.1) is 0 Å². The van der Waals surface area contributed by atoms with E-state index in [2.05, 4.69) is 25.5 Å². The Kier molecular flexibility index (Phi) is 6.34. The van der Waals surface area contributed by atoms with E-state index in [9.17, 15) is 9.59 Å². The summed E-state index contributed by atoms with van der Waals surface area (Å²) in [6.07, 6.45) is 1.77. The number of fused-ring (bicyclic) bond motifs is 1. The van der Waals surface area contributed by atoms with Crippen LogP contribution in [0.1, 0.15) is 39.2 Å². The number of nitrogens with zero attached hydrogens (tertiary/aromatic N) is 7. The predicted molar refractivity (Wildman–Crippen MR) is 129 cm³/mol. The van der Waals surface area contributed by atoms with Crippen LogP contribution in [-0.4, -0.2) is 60.3 Å². The molecule has 0 spiro atoms. The zero-order valence-corrected chi connectivity index (χ0v) is 20.4. The van der Waals surface area contributed by atoms with Gasteiger partial charge in [-0.2, -0.15) is 10.2 Å². The van der Waals surface area contributed by atoms with Crippen molar-refractivity contribution in [3.63, 3.8) is 0 Å². The van der Waals surface area contributed by atoms with Gasteiger partial charge in [0.2, 0.25) is 0 Å². The molecule has 0 aliphatic rings. The Hall–Kier alpha value is -3.79. The molecule has 3 aromatic heterocycles. The summed E-state index contributed by atoms with van der Waals surface area (Å²) < 4.78 is 3.34. The molecular weight excluding hydrogens is 456 g/mol. The lowest BCUT2D eigenvalue weighted by atomic mass is 10.1. The van der Waals surface area contributed by atoms with Crippen LogP contribution in [0.25, 0.3) is 22.4 Å². The molecule has 0 bridgehead atoms. The third kappa shape index (κ3) is 4.24. The second-order valence-corrected chi connectivity index (χ2v) is 8.34. The largest absolute Gasteiger partial charge is 0.354 e. The van der Waals surface area contributed by atoms with Crippen molar-refractivity contribution >= 4 is 34.3 Å². The summed E-state index contributed by atoms with van der Waals surface area (Å²) in [5.74, 6) is -0.331. The van der Waals surface area contributed by atoms with Crippen molar-refractivity contribution in [2.45, 2.75) is 26.9 Å². The second-order valence-electron chi connectivity index (χ2n) is 7.91. The van der Waals surface area contributed by atoms with Crippen molar-refractivity contribution in [2.24, 2.45) is 7.05 Å². The van der Waals surface area contributed by atoms with Gasteiger partial charge in [0.1, 0.15) is 17.1 Å². The van der Waals surface area contributed by atoms with Crippen molar-refractivity contribution in [3.05, 3.63) is 58.1 Å². The first kappa shape index (κ1) is 23.4. The highest BCUT2D eigenvalue weighted by atomic mass is 35.5. The fourth-order valence-corrected chi connectivity index (χ4v) is 3.93. The summed E-state index contributed by atoms with van der Waals surface area (Å²) >= 11 is 6.22. The van der Waals surface area contributed by atoms with Gasteiger partial charge in [-0.25, -0.2) is 9.97 Å². The molecule has 3 heterocycles. The molecule has 176 valence electrons. The maximum Gasteiger partial charge on any atom is 0.273 e. The summed E-state index contributed by atoms with van der Waals surface area (Å²) in [7, 11) is 4.92. The van der Waals surface area contributed by atoms with Gasteiger partial charge in [-0.3, -0.25) is 19.0 Å². The van der Waals surface area contributed by atoms with Crippen LogP contribution in [0.3, 0.4) is 0 Å². The number of aromatic nitrogens is 6. The lowest BCUT2D eigenvalue weighted by molar-refractivity contribution is 0.0781. The first-order chi connectivity index (χ1) is 16.2. The average molecular weight is 481 g/mol. The molecular formula is C23H25ClN8O2. The van der Waals surface area contributed by atoms with Gasteiger partial charge < -0.3 is 10.2 Å². The van der Waals surface area contributed by atoms with Crippen LogP contribution >= 0.6 is 11.6 Å². The van der Waals surface area contributed by atoms with E-state index in [0.29, 0.717) is 33.9 Å². The van der Waals surface area contributed by atoms with E-state index in [0.717, 1.165) is 17.8 Å². The van der Waals surface area contributed by atoms with E-state index in [4.69, 9.17) is 11.6 Å². The monoisotopic (exact) mass is 480 g/mol. The Morgan fingerprint density at radius 1 is 1.21 bits per heavy atom. The van der Waals surface area contributed by atoms with Crippen LogP contribution in [-0.2, 0) is 20.1 Å². The maximum absolute atomic E-state index is 13.5. The summed E-state index contributed by atoms with van der Waals surface area (Å²) in [4.78, 5) is 36.4. The zero-order valence-electron chi connectivity index (χ0n) is 19.6. The number of benzene rings is 1. The van der Waals surface area contributed by atoms with Crippen molar-refractivity contribution < 1.29 is 9.59 Å². The minimum absolute atomic E-state index is 0.206. The Bertz CT molecular complexity index is 1410. The molecule has 11 heteroatoms. The van der Waals surface area contributed by atoms with Gasteiger partial charge in [0, 0.05) is 62.0 Å². The number of carbonyl (C=O) groups is 2. The Balaban J connectivity index is 1.78. The van der Waals surface area contributed by atoms with Crippen LogP contribution in [0.4, 0.5) is 0 Å². The number of amides is 2. The van der Waals surface area contributed by atoms with E-state index in [-0.39, 0.29) is 23.3 Å². The molecule has 34 heavy (non-hydrogen) atoms.